The van der Waals surface area contributed by atoms with E-state index in [9.17, 15) is 14.9 Å². The van der Waals surface area contributed by atoms with Gasteiger partial charge in [0.15, 0.2) is 0 Å². The summed E-state index contributed by atoms with van der Waals surface area (Å²) in [6, 6.07) is 4.59. The first-order valence-corrected chi connectivity index (χ1v) is 8.95. The number of carbonyl (C=O) groups is 1. The van der Waals surface area contributed by atoms with Gasteiger partial charge in [0.1, 0.15) is 5.69 Å². The highest BCUT2D eigenvalue weighted by Gasteiger charge is 2.18. The van der Waals surface area contributed by atoms with Gasteiger partial charge in [0, 0.05) is 32.3 Å². The van der Waals surface area contributed by atoms with E-state index in [2.05, 4.69) is 10.2 Å². The number of piperidine rings is 1. The minimum Gasteiger partial charge on any atom is -0.372 e. The molecule has 138 valence electrons. The van der Waals surface area contributed by atoms with Crippen molar-refractivity contribution in [3.8, 4) is 0 Å². The Bertz CT molecular complexity index is 598. The van der Waals surface area contributed by atoms with Crippen molar-refractivity contribution < 1.29 is 9.72 Å². The van der Waals surface area contributed by atoms with Gasteiger partial charge in [0.25, 0.3) is 11.6 Å². The third kappa shape index (κ3) is 5.70. The van der Waals surface area contributed by atoms with Crippen molar-refractivity contribution in [2.75, 3.05) is 45.2 Å². The lowest BCUT2D eigenvalue weighted by molar-refractivity contribution is -0.384. The number of likely N-dealkylation sites (tertiary alicyclic amines) is 1. The van der Waals surface area contributed by atoms with Gasteiger partial charge in [-0.05, 0) is 57.5 Å². The maximum absolute atomic E-state index is 12.2. The van der Waals surface area contributed by atoms with Crippen molar-refractivity contribution in [3.63, 3.8) is 0 Å². The second kappa shape index (κ2) is 9.36. The summed E-state index contributed by atoms with van der Waals surface area (Å²) < 4.78 is 0. The Morgan fingerprint density at radius 1 is 1.24 bits per heavy atom. The topological polar surface area (TPSA) is 78.7 Å². The third-order valence-corrected chi connectivity index (χ3v) is 4.55. The fourth-order valence-electron chi connectivity index (χ4n) is 3.14. The summed E-state index contributed by atoms with van der Waals surface area (Å²) >= 11 is 0. The molecule has 1 heterocycles. The van der Waals surface area contributed by atoms with Gasteiger partial charge in [-0.3, -0.25) is 14.9 Å². The second-order valence-electron chi connectivity index (χ2n) is 6.72. The Hall–Kier alpha value is -2.15. The first-order chi connectivity index (χ1) is 12.0. The smallest absolute Gasteiger partial charge is 0.293 e. The zero-order valence-corrected chi connectivity index (χ0v) is 15.2. The average molecular weight is 348 g/mol. The van der Waals surface area contributed by atoms with Crippen molar-refractivity contribution in [2.24, 2.45) is 0 Å². The summed E-state index contributed by atoms with van der Waals surface area (Å²) in [5, 5.41) is 14.1. The van der Waals surface area contributed by atoms with Crippen LogP contribution in [0, 0.1) is 10.1 Å². The number of hydrogen-bond donors (Lipinski definition) is 1. The molecule has 1 saturated heterocycles. The Balaban J connectivity index is 1.80. The summed E-state index contributed by atoms with van der Waals surface area (Å²) in [5.41, 5.74) is 0.763. The molecule has 0 aromatic heterocycles. The van der Waals surface area contributed by atoms with Crippen molar-refractivity contribution in [1.29, 1.82) is 0 Å². The number of unbranched alkanes of at least 4 members (excludes halogenated alkanes) is 1. The molecular weight excluding hydrogens is 320 g/mol. The second-order valence-corrected chi connectivity index (χ2v) is 6.72. The van der Waals surface area contributed by atoms with Gasteiger partial charge < -0.3 is 15.1 Å². The minimum atomic E-state index is -0.454. The largest absolute Gasteiger partial charge is 0.372 e. The molecule has 7 nitrogen and oxygen atoms in total. The quantitative estimate of drug-likeness (QED) is 0.444. The standard InChI is InChI=1S/C18H28N4O3/c1-20(2)16-9-8-15(14-17(16)22(24)25)18(23)19-10-4-7-13-21-11-5-3-6-12-21/h8-9,14H,3-7,10-13H2,1-2H3,(H,19,23). The van der Waals surface area contributed by atoms with Crippen LogP contribution in [0.3, 0.4) is 0 Å². The Morgan fingerprint density at radius 3 is 2.60 bits per heavy atom. The van der Waals surface area contributed by atoms with Gasteiger partial charge in [-0.1, -0.05) is 6.42 Å². The molecule has 1 aliphatic rings. The third-order valence-electron chi connectivity index (χ3n) is 4.55. The van der Waals surface area contributed by atoms with Crippen LogP contribution >= 0.6 is 0 Å². The lowest BCUT2D eigenvalue weighted by Crippen LogP contribution is -2.31. The van der Waals surface area contributed by atoms with Crippen LogP contribution in [0.1, 0.15) is 42.5 Å². The molecule has 1 N–H and O–H groups in total. The fourth-order valence-corrected chi connectivity index (χ4v) is 3.14. The highest BCUT2D eigenvalue weighted by molar-refractivity contribution is 5.95. The minimum absolute atomic E-state index is 0.0530. The summed E-state index contributed by atoms with van der Waals surface area (Å²) in [4.78, 5) is 27.1. The highest BCUT2D eigenvalue weighted by atomic mass is 16.6. The van der Waals surface area contributed by atoms with Crippen LogP contribution in [0.2, 0.25) is 0 Å². The molecule has 0 atom stereocenters. The van der Waals surface area contributed by atoms with E-state index >= 15 is 0 Å². The van der Waals surface area contributed by atoms with Crippen molar-refractivity contribution in [3.05, 3.63) is 33.9 Å². The molecule has 1 aliphatic heterocycles. The monoisotopic (exact) mass is 348 g/mol. The number of carbonyl (C=O) groups excluding carboxylic acids is 1. The van der Waals surface area contributed by atoms with E-state index in [-0.39, 0.29) is 11.6 Å². The SMILES string of the molecule is CN(C)c1ccc(C(=O)NCCCCN2CCCCC2)cc1[N+](=O)[O-]. The molecule has 0 radical (unpaired) electrons. The van der Waals surface area contributed by atoms with E-state index in [1.54, 1.807) is 31.1 Å². The zero-order valence-electron chi connectivity index (χ0n) is 15.2. The van der Waals surface area contributed by atoms with Crippen LogP contribution in [0.25, 0.3) is 0 Å². The van der Waals surface area contributed by atoms with Crippen molar-refractivity contribution in [1.82, 2.24) is 10.2 Å². The number of benzene rings is 1. The molecule has 7 heteroatoms. The molecule has 25 heavy (non-hydrogen) atoms. The van der Waals surface area contributed by atoms with Crippen LogP contribution in [0.15, 0.2) is 18.2 Å². The molecular formula is C18H28N4O3. The Morgan fingerprint density at radius 2 is 1.96 bits per heavy atom. The van der Waals surface area contributed by atoms with Gasteiger partial charge >= 0.3 is 0 Å². The van der Waals surface area contributed by atoms with E-state index in [0.717, 1.165) is 19.4 Å². The zero-order chi connectivity index (χ0) is 18.2. The number of rotatable bonds is 8. The van der Waals surface area contributed by atoms with E-state index in [4.69, 9.17) is 0 Å². The first-order valence-electron chi connectivity index (χ1n) is 8.95. The van der Waals surface area contributed by atoms with Gasteiger partial charge in [0.2, 0.25) is 0 Å². The molecule has 2 rings (SSSR count). The van der Waals surface area contributed by atoms with Gasteiger partial charge in [0.05, 0.1) is 4.92 Å². The lowest BCUT2D eigenvalue weighted by atomic mass is 10.1. The molecule has 1 aromatic rings. The van der Waals surface area contributed by atoms with Gasteiger partial charge in [-0.15, -0.1) is 0 Å². The maximum atomic E-state index is 12.2. The number of anilines is 1. The molecule has 0 spiro atoms. The van der Waals surface area contributed by atoms with Crippen molar-refractivity contribution >= 4 is 17.3 Å². The number of hydrogen-bond acceptors (Lipinski definition) is 5. The average Bonchev–Trinajstić information content (AvgIpc) is 2.61. The number of nitrogens with zero attached hydrogens (tertiary/aromatic N) is 3. The summed E-state index contributed by atoms with van der Waals surface area (Å²) in [6.07, 6.45) is 5.89. The van der Waals surface area contributed by atoms with Crippen LogP contribution in [0.4, 0.5) is 11.4 Å². The van der Waals surface area contributed by atoms with E-state index in [1.165, 1.54) is 38.4 Å². The van der Waals surface area contributed by atoms with Crippen LogP contribution in [-0.2, 0) is 0 Å². The number of nitro benzene ring substituents is 1. The number of amides is 1. The van der Waals surface area contributed by atoms with Crippen LogP contribution in [-0.4, -0.2) is 56.0 Å². The summed E-state index contributed by atoms with van der Waals surface area (Å²) in [5.74, 6) is -0.258. The first kappa shape index (κ1) is 19.2. The molecule has 0 bridgehead atoms. The molecule has 1 aromatic carbocycles. The number of nitrogens with one attached hydrogen (secondary N) is 1. The normalized spacial score (nSPS) is 15.0. The lowest BCUT2D eigenvalue weighted by Gasteiger charge is -2.26. The molecule has 0 saturated carbocycles. The number of nitro groups is 1. The van der Waals surface area contributed by atoms with Crippen LogP contribution in [0.5, 0.6) is 0 Å². The van der Waals surface area contributed by atoms with Gasteiger partial charge in [-0.25, -0.2) is 0 Å². The summed E-state index contributed by atoms with van der Waals surface area (Å²) in [7, 11) is 3.48. The van der Waals surface area contributed by atoms with Gasteiger partial charge in [-0.2, -0.15) is 0 Å². The molecule has 1 fully saturated rings. The predicted octanol–water partition coefficient (Wildman–Crippen LogP) is 2.66. The molecule has 1 amide bonds. The maximum Gasteiger partial charge on any atom is 0.293 e. The predicted molar refractivity (Wildman–Crippen MR) is 99.3 cm³/mol. The fraction of sp³-hybridized carbons (Fsp3) is 0.611. The van der Waals surface area contributed by atoms with E-state index < -0.39 is 4.92 Å². The Labute approximate surface area is 149 Å². The Kier molecular flexibility index (Phi) is 7.18. The van der Waals surface area contributed by atoms with Crippen LogP contribution < -0.4 is 10.2 Å². The molecule has 0 aliphatic carbocycles. The van der Waals surface area contributed by atoms with E-state index in [0.29, 0.717) is 17.8 Å². The molecule has 0 unspecified atom stereocenters. The highest BCUT2D eigenvalue weighted by Crippen LogP contribution is 2.27. The summed E-state index contributed by atoms with van der Waals surface area (Å²) in [6.45, 7) is 4.05. The van der Waals surface area contributed by atoms with Crippen molar-refractivity contribution in [2.45, 2.75) is 32.1 Å². The van der Waals surface area contributed by atoms with E-state index in [1.807, 2.05) is 0 Å².